The predicted molar refractivity (Wildman–Crippen MR) is 97.2 cm³/mol. The third-order valence-electron chi connectivity index (χ3n) is 8.72. The minimum atomic E-state index is 0.659. The zero-order chi connectivity index (χ0) is 15.4. The summed E-state index contributed by atoms with van der Waals surface area (Å²) < 4.78 is 0. The molecule has 2 atom stereocenters. The monoisotopic (exact) mass is 312 g/mol. The maximum absolute atomic E-state index is 2.60. The van der Waals surface area contributed by atoms with Crippen LogP contribution < -0.4 is 0 Å². The van der Waals surface area contributed by atoms with E-state index in [4.69, 9.17) is 0 Å². The molecule has 0 aromatic carbocycles. The van der Waals surface area contributed by atoms with Crippen LogP contribution in [0.1, 0.15) is 96.8 Å². The van der Waals surface area contributed by atoms with E-state index >= 15 is 0 Å². The normalized spacial score (nSPS) is 44.5. The van der Waals surface area contributed by atoms with Crippen LogP contribution in [0.5, 0.6) is 0 Å². The predicted octanol–water partition coefficient (Wildman–Crippen LogP) is 6.90. The standard InChI is InChI=1S/C23H36/c1-23(14-16-6-7-16)15-21-12-20(13-22(21)23)19-10-8-18(9-11-19)17-4-2-3-5-17/h16-20H,2-15H2,1H3. The quantitative estimate of drug-likeness (QED) is 0.495. The van der Waals surface area contributed by atoms with E-state index < -0.39 is 0 Å². The molecule has 5 aliphatic rings. The van der Waals surface area contributed by atoms with Crippen molar-refractivity contribution >= 4 is 0 Å². The van der Waals surface area contributed by atoms with Crippen LogP contribution in [0, 0.1) is 35.0 Å². The van der Waals surface area contributed by atoms with Crippen molar-refractivity contribution in [2.75, 3.05) is 0 Å². The zero-order valence-corrected chi connectivity index (χ0v) is 15.3. The van der Waals surface area contributed by atoms with Gasteiger partial charge in [-0.25, -0.2) is 0 Å². The van der Waals surface area contributed by atoms with E-state index in [0.29, 0.717) is 5.41 Å². The van der Waals surface area contributed by atoms with Crippen molar-refractivity contribution in [3.8, 4) is 0 Å². The molecule has 0 amide bonds. The highest BCUT2D eigenvalue weighted by Gasteiger charge is 2.49. The molecule has 5 rings (SSSR count). The fourth-order valence-electron chi connectivity index (χ4n) is 7.25. The Morgan fingerprint density at radius 2 is 1.35 bits per heavy atom. The third kappa shape index (κ3) is 2.73. The maximum atomic E-state index is 2.60. The van der Waals surface area contributed by atoms with Crippen molar-refractivity contribution in [1.82, 2.24) is 0 Å². The molecule has 0 heterocycles. The fourth-order valence-corrected chi connectivity index (χ4v) is 7.25. The van der Waals surface area contributed by atoms with Crippen molar-refractivity contribution < 1.29 is 0 Å². The summed E-state index contributed by atoms with van der Waals surface area (Å²) in [6.45, 7) is 2.60. The molecule has 0 spiro atoms. The molecule has 23 heavy (non-hydrogen) atoms. The van der Waals surface area contributed by atoms with Crippen molar-refractivity contribution in [2.45, 2.75) is 96.8 Å². The highest BCUT2D eigenvalue weighted by molar-refractivity contribution is 5.38. The molecule has 128 valence electrons. The molecule has 0 bridgehead atoms. The number of hydrogen-bond donors (Lipinski definition) is 0. The maximum Gasteiger partial charge on any atom is -0.00737 e. The van der Waals surface area contributed by atoms with Gasteiger partial charge in [0.15, 0.2) is 0 Å². The van der Waals surface area contributed by atoms with Crippen LogP contribution in [-0.2, 0) is 0 Å². The third-order valence-corrected chi connectivity index (χ3v) is 8.72. The van der Waals surface area contributed by atoms with Crippen LogP contribution in [0.15, 0.2) is 11.1 Å². The molecule has 2 unspecified atom stereocenters. The van der Waals surface area contributed by atoms with Gasteiger partial charge in [0.25, 0.3) is 0 Å². The van der Waals surface area contributed by atoms with Crippen molar-refractivity contribution in [3.63, 3.8) is 0 Å². The van der Waals surface area contributed by atoms with E-state index in [-0.39, 0.29) is 0 Å². The molecule has 0 N–H and O–H groups in total. The first-order valence-corrected chi connectivity index (χ1v) is 10.9. The van der Waals surface area contributed by atoms with Crippen LogP contribution >= 0.6 is 0 Å². The Hall–Kier alpha value is -0.260. The van der Waals surface area contributed by atoms with Gasteiger partial charge in [0, 0.05) is 0 Å². The van der Waals surface area contributed by atoms with Gasteiger partial charge >= 0.3 is 0 Å². The summed E-state index contributed by atoms with van der Waals surface area (Å²) in [5.41, 5.74) is 4.55. The van der Waals surface area contributed by atoms with E-state index in [1.807, 2.05) is 11.1 Å². The average Bonchev–Trinajstić information content (AvgIpc) is 3.06. The van der Waals surface area contributed by atoms with Gasteiger partial charge in [0.05, 0.1) is 0 Å². The van der Waals surface area contributed by atoms with Crippen molar-refractivity contribution in [2.24, 2.45) is 35.0 Å². The van der Waals surface area contributed by atoms with Crippen LogP contribution in [0.4, 0.5) is 0 Å². The minimum absolute atomic E-state index is 0.659. The molecular weight excluding hydrogens is 276 g/mol. The molecule has 0 nitrogen and oxygen atoms in total. The van der Waals surface area contributed by atoms with Gasteiger partial charge in [0.2, 0.25) is 0 Å². The molecule has 0 aromatic rings. The first-order chi connectivity index (χ1) is 11.2. The van der Waals surface area contributed by atoms with E-state index in [1.165, 1.54) is 51.4 Å². The van der Waals surface area contributed by atoms with E-state index in [0.717, 1.165) is 29.6 Å². The van der Waals surface area contributed by atoms with Gasteiger partial charge in [-0.05, 0) is 86.4 Å². The summed E-state index contributed by atoms with van der Waals surface area (Å²) in [5, 5.41) is 0. The lowest BCUT2D eigenvalue weighted by atomic mass is 9.63. The molecule has 3 saturated carbocycles. The summed E-state index contributed by atoms with van der Waals surface area (Å²) in [6, 6.07) is 0. The SMILES string of the molecule is CC1(CC2CC2)CC2=C1CC(C1CCC(C3CCCC3)CC1)C2. The Morgan fingerprint density at radius 1 is 0.739 bits per heavy atom. The first kappa shape index (κ1) is 15.0. The second-order valence-electron chi connectivity index (χ2n) is 10.4. The van der Waals surface area contributed by atoms with Crippen LogP contribution in [-0.4, -0.2) is 0 Å². The van der Waals surface area contributed by atoms with Gasteiger partial charge in [-0.3, -0.25) is 0 Å². The number of rotatable bonds is 4. The van der Waals surface area contributed by atoms with Crippen LogP contribution in [0.2, 0.25) is 0 Å². The Labute approximate surface area is 143 Å². The Bertz CT molecular complexity index is 482. The van der Waals surface area contributed by atoms with Gasteiger partial charge in [-0.1, -0.05) is 56.6 Å². The summed E-state index contributed by atoms with van der Waals surface area (Å²) in [4.78, 5) is 0. The molecule has 0 radical (unpaired) electrons. The Morgan fingerprint density at radius 3 is 2.00 bits per heavy atom. The number of allylic oxidation sites excluding steroid dienone is 2. The van der Waals surface area contributed by atoms with Crippen LogP contribution in [0.3, 0.4) is 0 Å². The lowest BCUT2D eigenvalue weighted by Crippen LogP contribution is -2.29. The lowest BCUT2D eigenvalue weighted by molar-refractivity contribution is 0.166. The largest absolute Gasteiger partial charge is 0.0693 e. The minimum Gasteiger partial charge on any atom is -0.0693 e. The van der Waals surface area contributed by atoms with E-state index in [2.05, 4.69) is 6.92 Å². The van der Waals surface area contributed by atoms with E-state index in [9.17, 15) is 0 Å². The molecule has 0 aliphatic heterocycles. The highest BCUT2D eigenvalue weighted by atomic mass is 14.5. The van der Waals surface area contributed by atoms with Gasteiger partial charge in [0.1, 0.15) is 0 Å². The van der Waals surface area contributed by atoms with Gasteiger partial charge in [-0.15, -0.1) is 0 Å². The Balaban J connectivity index is 1.15. The summed E-state index contributed by atoms with van der Waals surface area (Å²) in [7, 11) is 0. The molecule has 0 aromatic heterocycles. The average molecular weight is 313 g/mol. The smallest absolute Gasteiger partial charge is 0.00737 e. The lowest BCUT2D eigenvalue weighted by Gasteiger charge is -2.41. The van der Waals surface area contributed by atoms with Crippen LogP contribution in [0.25, 0.3) is 0 Å². The summed E-state index contributed by atoms with van der Waals surface area (Å²) >= 11 is 0. The molecule has 0 heteroatoms. The molecule has 5 aliphatic carbocycles. The fraction of sp³-hybridized carbons (Fsp3) is 0.913. The number of hydrogen-bond acceptors (Lipinski definition) is 0. The molecule has 0 saturated heterocycles. The van der Waals surface area contributed by atoms with Gasteiger partial charge < -0.3 is 0 Å². The molecule has 3 fully saturated rings. The van der Waals surface area contributed by atoms with E-state index in [1.54, 1.807) is 38.5 Å². The first-order valence-electron chi connectivity index (χ1n) is 10.9. The van der Waals surface area contributed by atoms with Gasteiger partial charge in [-0.2, -0.15) is 0 Å². The van der Waals surface area contributed by atoms with Crippen molar-refractivity contribution in [1.29, 1.82) is 0 Å². The highest BCUT2D eigenvalue weighted by Crippen LogP contribution is 2.62. The topological polar surface area (TPSA) is 0 Å². The second kappa shape index (κ2) is 5.63. The zero-order valence-electron chi connectivity index (χ0n) is 15.3. The second-order valence-corrected chi connectivity index (χ2v) is 10.4. The Kier molecular flexibility index (Phi) is 3.68. The summed E-state index contributed by atoms with van der Waals surface area (Å²) in [6.07, 6.45) is 21.6. The van der Waals surface area contributed by atoms with Crippen molar-refractivity contribution in [3.05, 3.63) is 11.1 Å². The molecular formula is C23H36. The summed E-state index contributed by atoms with van der Waals surface area (Å²) in [5.74, 6) is 5.50.